The molecule has 0 aliphatic rings. The fourth-order valence-electron chi connectivity index (χ4n) is 2.03. The van der Waals surface area contributed by atoms with Crippen LogP contribution in [0.4, 0.5) is 9.52 Å². The molecular formula is C16H12Cl2FN3O3S2. The Labute approximate surface area is 169 Å². The number of nitrogens with zero attached hydrogens (tertiary/aromatic N) is 2. The third-order valence-corrected chi connectivity index (χ3v) is 6.35. The first-order chi connectivity index (χ1) is 12.7. The van der Waals surface area contributed by atoms with Crippen LogP contribution in [-0.2, 0) is 10.0 Å². The van der Waals surface area contributed by atoms with Crippen molar-refractivity contribution in [2.75, 3.05) is 4.72 Å². The number of aromatic nitrogens is 2. The third-order valence-electron chi connectivity index (χ3n) is 3.34. The highest BCUT2D eigenvalue weighted by Crippen LogP contribution is 2.28. The minimum absolute atomic E-state index is 0.0528. The van der Waals surface area contributed by atoms with Gasteiger partial charge < -0.3 is 4.74 Å². The van der Waals surface area contributed by atoms with Crippen LogP contribution >= 0.6 is 34.5 Å². The molecule has 0 bridgehead atoms. The van der Waals surface area contributed by atoms with E-state index in [9.17, 15) is 12.8 Å². The summed E-state index contributed by atoms with van der Waals surface area (Å²) in [6.45, 7) is 1.76. The fraction of sp³-hybridized carbons (Fsp3) is 0.125. The lowest BCUT2D eigenvalue weighted by atomic mass is 10.3. The zero-order valence-electron chi connectivity index (χ0n) is 13.7. The van der Waals surface area contributed by atoms with E-state index in [1.165, 1.54) is 0 Å². The lowest BCUT2D eigenvalue weighted by Gasteiger charge is -2.11. The van der Waals surface area contributed by atoms with E-state index in [4.69, 9.17) is 27.9 Å². The zero-order valence-corrected chi connectivity index (χ0v) is 16.8. The molecule has 0 spiro atoms. The van der Waals surface area contributed by atoms with Gasteiger partial charge in [0, 0.05) is 5.02 Å². The molecule has 0 amide bonds. The molecule has 0 saturated carbocycles. The highest BCUT2D eigenvalue weighted by molar-refractivity contribution is 7.93. The molecule has 0 saturated heterocycles. The van der Waals surface area contributed by atoms with Crippen molar-refractivity contribution in [3.63, 3.8) is 0 Å². The first-order valence-electron chi connectivity index (χ1n) is 7.48. The van der Waals surface area contributed by atoms with Crippen molar-refractivity contribution in [1.82, 2.24) is 10.2 Å². The summed E-state index contributed by atoms with van der Waals surface area (Å²) in [5, 5.41) is 8.58. The fourth-order valence-corrected chi connectivity index (χ4v) is 4.38. The van der Waals surface area contributed by atoms with Crippen molar-refractivity contribution < 1.29 is 17.5 Å². The van der Waals surface area contributed by atoms with E-state index in [1.807, 2.05) is 0 Å². The Morgan fingerprint density at radius 3 is 2.52 bits per heavy atom. The molecule has 2 aromatic carbocycles. The van der Waals surface area contributed by atoms with Crippen molar-refractivity contribution in [1.29, 1.82) is 0 Å². The highest BCUT2D eigenvalue weighted by Gasteiger charge is 2.20. The maximum absolute atomic E-state index is 13.2. The summed E-state index contributed by atoms with van der Waals surface area (Å²) >= 11 is 12.5. The van der Waals surface area contributed by atoms with Crippen LogP contribution in [0.5, 0.6) is 5.75 Å². The maximum atomic E-state index is 13.2. The molecule has 1 aromatic heterocycles. The number of halogens is 3. The van der Waals surface area contributed by atoms with Crippen molar-refractivity contribution in [3.8, 4) is 5.75 Å². The Hall–Kier alpha value is -1.94. The van der Waals surface area contributed by atoms with Gasteiger partial charge >= 0.3 is 0 Å². The van der Waals surface area contributed by atoms with E-state index in [-0.39, 0.29) is 15.0 Å². The van der Waals surface area contributed by atoms with Crippen molar-refractivity contribution in [2.45, 2.75) is 17.9 Å². The molecule has 1 heterocycles. The van der Waals surface area contributed by atoms with Gasteiger partial charge in [-0.05, 0) is 49.4 Å². The minimum Gasteiger partial charge on any atom is -0.483 e. The summed E-state index contributed by atoms with van der Waals surface area (Å²) in [5.41, 5.74) is 0. The summed E-state index contributed by atoms with van der Waals surface area (Å²) in [7, 11) is -3.98. The topological polar surface area (TPSA) is 81.2 Å². The van der Waals surface area contributed by atoms with E-state index in [1.54, 1.807) is 31.2 Å². The monoisotopic (exact) mass is 447 g/mol. The van der Waals surface area contributed by atoms with E-state index >= 15 is 0 Å². The van der Waals surface area contributed by atoms with Gasteiger partial charge in [0.05, 0.1) is 9.92 Å². The second-order valence-electron chi connectivity index (χ2n) is 5.34. The molecule has 11 heteroatoms. The van der Waals surface area contributed by atoms with Crippen molar-refractivity contribution in [3.05, 3.63) is 63.3 Å². The Kier molecular flexibility index (Phi) is 5.85. The summed E-state index contributed by atoms with van der Waals surface area (Å²) in [6, 6.07) is 9.91. The van der Waals surface area contributed by atoms with E-state index in [2.05, 4.69) is 14.9 Å². The molecule has 6 nitrogen and oxygen atoms in total. The van der Waals surface area contributed by atoms with Gasteiger partial charge in [0.2, 0.25) is 5.13 Å². The third kappa shape index (κ3) is 4.86. The summed E-state index contributed by atoms with van der Waals surface area (Å²) in [6.07, 6.45) is -0.456. The number of anilines is 1. The normalized spacial score (nSPS) is 12.6. The average Bonchev–Trinajstić information content (AvgIpc) is 3.07. The lowest BCUT2D eigenvalue weighted by Crippen LogP contribution is -2.12. The van der Waals surface area contributed by atoms with E-state index in [0.29, 0.717) is 15.8 Å². The highest BCUT2D eigenvalue weighted by atomic mass is 35.5. The quantitative estimate of drug-likeness (QED) is 0.579. The van der Waals surface area contributed by atoms with Gasteiger partial charge in [-0.25, -0.2) is 12.8 Å². The Morgan fingerprint density at radius 2 is 1.85 bits per heavy atom. The number of ether oxygens (including phenoxy) is 1. The van der Waals surface area contributed by atoms with Crippen molar-refractivity contribution in [2.24, 2.45) is 0 Å². The van der Waals surface area contributed by atoms with Gasteiger partial charge in [0.15, 0.2) is 5.01 Å². The zero-order chi connectivity index (χ0) is 19.6. The standard InChI is InChI=1S/C16H12Cl2FN3O3S2/c1-9(25-11-4-2-10(17)3-5-11)15-20-21-16(26-15)22-27(23,24)12-6-7-14(19)13(18)8-12/h2-9H,1H3,(H,21,22). The Bertz CT molecular complexity index is 1060. The van der Waals surface area contributed by atoms with Gasteiger partial charge in [-0.1, -0.05) is 34.5 Å². The number of hydrogen-bond donors (Lipinski definition) is 1. The van der Waals surface area contributed by atoms with Crippen LogP contribution in [0.1, 0.15) is 18.0 Å². The number of rotatable bonds is 6. The van der Waals surface area contributed by atoms with Crippen LogP contribution in [0.15, 0.2) is 47.4 Å². The molecule has 1 unspecified atom stereocenters. The predicted molar refractivity (Wildman–Crippen MR) is 103 cm³/mol. The van der Waals surface area contributed by atoms with Gasteiger partial charge in [0.25, 0.3) is 10.0 Å². The van der Waals surface area contributed by atoms with Crippen LogP contribution in [0.25, 0.3) is 0 Å². The Morgan fingerprint density at radius 1 is 1.15 bits per heavy atom. The number of sulfonamides is 1. The van der Waals surface area contributed by atoms with Crippen LogP contribution in [-0.4, -0.2) is 18.6 Å². The summed E-state index contributed by atoms with van der Waals surface area (Å²) in [4.78, 5) is -0.184. The Balaban J connectivity index is 1.73. The van der Waals surface area contributed by atoms with Crippen molar-refractivity contribution >= 4 is 49.7 Å². The maximum Gasteiger partial charge on any atom is 0.263 e. The molecule has 0 aliphatic heterocycles. The van der Waals surface area contributed by atoms with Gasteiger partial charge in [-0.3, -0.25) is 4.72 Å². The first kappa shape index (κ1) is 19.8. The predicted octanol–water partition coefficient (Wildman–Crippen LogP) is 4.92. The van der Waals surface area contributed by atoms with Crippen LogP contribution < -0.4 is 9.46 Å². The van der Waals surface area contributed by atoms with Crippen LogP contribution in [0.2, 0.25) is 10.0 Å². The second-order valence-corrected chi connectivity index (χ2v) is 8.88. The van der Waals surface area contributed by atoms with Gasteiger partial charge in [-0.15, -0.1) is 10.2 Å². The molecular weight excluding hydrogens is 436 g/mol. The molecule has 1 atom stereocenters. The molecule has 3 aromatic rings. The largest absolute Gasteiger partial charge is 0.483 e. The minimum atomic E-state index is -3.98. The molecule has 0 fully saturated rings. The molecule has 0 radical (unpaired) electrons. The molecule has 3 rings (SSSR count). The smallest absolute Gasteiger partial charge is 0.263 e. The molecule has 142 valence electrons. The summed E-state index contributed by atoms with van der Waals surface area (Å²) in [5.74, 6) is -0.118. The molecule has 1 N–H and O–H groups in total. The first-order valence-corrected chi connectivity index (χ1v) is 10.5. The number of nitrogens with one attached hydrogen (secondary N) is 1. The molecule has 27 heavy (non-hydrogen) atoms. The summed E-state index contributed by atoms with van der Waals surface area (Å²) < 4.78 is 46.0. The van der Waals surface area contributed by atoms with Crippen LogP contribution in [0.3, 0.4) is 0 Å². The van der Waals surface area contributed by atoms with Crippen LogP contribution in [0, 0.1) is 5.82 Å². The lowest BCUT2D eigenvalue weighted by molar-refractivity contribution is 0.225. The number of benzene rings is 2. The molecule has 0 aliphatic carbocycles. The van der Waals surface area contributed by atoms with E-state index in [0.717, 1.165) is 29.5 Å². The van der Waals surface area contributed by atoms with Gasteiger partial charge in [0.1, 0.15) is 17.7 Å². The van der Waals surface area contributed by atoms with Gasteiger partial charge in [-0.2, -0.15) is 0 Å². The SMILES string of the molecule is CC(Oc1ccc(Cl)cc1)c1nnc(NS(=O)(=O)c2ccc(F)c(Cl)c2)s1. The second kappa shape index (κ2) is 7.97. The average molecular weight is 448 g/mol. The van der Waals surface area contributed by atoms with E-state index < -0.39 is 21.9 Å². The number of hydrogen-bond acceptors (Lipinski definition) is 6.